The Balaban J connectivity index is 2.35. The summed E-state index contributed by atoms with van der Waals surface area (Å²) in [5, 5.41) is 17.0. The number of carboxylic acid groups (broad SMARTS) is 1. The lowest BCUT2D eigenvalue weighted by molar-refractivity contribution is -0.138. The van der Waals surface area contributed by atoms with Crippen LogP contribution < -0.4 is 10.6 Å². The summed E-state index contributed by atoms with van der Waals surface area (Å²) in [6, 6.07) is -0.666. The van der Waals surface area contributed by atoms with Gasteiger partial charge < -0.3 is 10.4 Å². The molecular formula is C11H16N4O4. The van der Waals surface area contributed by atoms with E-state index in [9.17, 15) is 14.4 Å². The Hall–Kier alpha value is -2.38. The minimum Gasteiger partial charge on any atom is -0.481 e. The highest BCUT2D eigenvalue weighted by Gasteiger charge is 2.14. The molecule has 1 heterocycles. The van der Waals surface area contributed by atoms with E-state index in [0.717, 1.165) is 0 Å². The van der Waals surface area contributed by atoms with Crippen LogP contribution in [0.4, 0.5) is 10.5 Å². The Morgan fingerprint density at radius 3 is 2.63 bits per heavy atom. The second-order valence-corrected chi connectivity index (χ2v) is 4.31. The molecule has 0 fully saturated rings. The third kappa shape index (κ3) is 5.66. The maximum atomic E-state index is 11.5. The standard InChI is InChI=1S/C11H16N4O4/c1-7(4-10(17)18)3-9(16)14-11(19)13-8-5-12-15(2)6-8/h5-7H,3-4H2,1-2H3,(H,17,18)(H2,13,14,16,19). The van der Waals surface area contributed by atoms with Crippen molar-refractivity contribution in [2.75, 3.05) is 5.32 Å². The number of amides is 3. The highest BCUT2D eigenvalue weighted by Crippen LogP contribution is 2.07. The zero-order valence-electron chi connectivity index (χ0n) is 10.7. The van der Waals surface area contributed by atoms with Crippen molar-refractivity contribution in [3.63, 3.8) is 0 Å². The van der Waals surface area contributed by atoms with Crippen LogP contribution in [0.5, 0.6) is 0 Å². The van der Waals surface area contributed by atoms with Gasteiger partial charge in [0.25, 0.3) is 0 Å². The number of carbonyl (C=O) groups excluding carboxylic acids is 2. The van der Waals surface area contributed by atoms with Gasteiger partial charge in [0.1, 0.15) is 0 Å². The van der Waals surface area contributed by atoms with Crippen molar-refractivity contribution in [2.45, 2.75) is 19.8 Å². The number of urea groups is 1. The fraction of sp³-hybridized carbons (Fsp3) is 0.455. The first-order chi connectivity index (χ1) is 8.86. The third-order valence-electron chi connectivity index (χ3n) is 2.27. The first-order valence-electron chi connectivity index (χ1n) is 5.68. The van der Waals surface area contributed by atoms with E-state index >= 15 is 0 Å². The van der Waals surface area contributed by atoms with Gasteiger partial charge in [-0.25, -0.2) is 4.79 Å². The van der Waals surface area contributed by atoms with E-state index in [4.69, 9.17) is 5.11 Å². The van der Waals surface area contributed by atoms with Gasteiger partial charge in [0, 0.05) is 26.1 Å². The molecular weight excluding hydrogens is 252 g/mol. The van der Waals surface area contributed by atoms with Gasteiger partial charge in [-0.2, -0.15) is 5.10 Å². The predicted octanol–water partition coefficient (Wildman–Crippen LogP) is 0.569. The molecule has 0 saturated heterocycles. The molecule has 0 aliphatic rings. The zero-order valence-corrected chi connectivity index (χ0v) is 10.7. The average molecular weight is 268 g/mol. The van der Waals surface area contributed by atoms with Gasteiger partial charge in [-0.3, -0.25) is 19.6 Å². The number of imide groups is 1. The van der Waals surface area contributed by atoms with Crippen LogP contribution in [0, 0.1) is 5.92 Å². The molecule has 1 unspecified atom stereocenters. The summed E-state index contributed by atoms with van der Waals surface area (Å²) in [4.78, 5) is 33.3. The molecule has 0 aromatic carbocycles. The minimum absolute atomic E-state index is 0.0211. The van der Waals surface area contributed by atoms with E-state index in [1.807, 2.05) is 0 Å². The molecule has 0 spiro atoms. The number of nitrogens with one attached hydrogen (secondary N) is 2. The number of aryl methyl sites for hydroxylation is 1. The largest absolute Gasteiger partial charge is 0.481 e. The summed E-state index contributed by atoms with van der Waals surface area (Å²) >= 11 is 0. The lowest BCUT2D eigenvalue weighted by Gasteiger charge is -2.08. The summed E-state index contributed by atoms with van der Waals surface area (Å²) in [6.45, 7) is 1.63. The second kappa shape index (κ2) is 6.53. The van der Waals surface area contributed by atoms with E-state index in [0.29, 0.717) is 5.69 Å². The zero-order chi connectivity index (χ0) is 14.4. The molecule has 1 aromatic heterocycles. The van der Waals surface area contributed by atoms with Gasteiger partial charge in [0.15, 0.2) is 0 Å². The monoisotopic (exact) mass is 268 g/mol. The van der Waals surface area contributed by atoms with Gasteiger partial charge in [0.2, 0.25) is 5.91 Å². The van der Waals surface area contributed by atoms with Crippen LogP contribution in [0.2, 0.25) is 0 Å². The van der Waals surface area contributed by atoms with Gasteiger partial charge in [-0.1, -0.05) is 6.92 Å². The van der Waals surface area contributed by atoms with Gasteiger partial charge in [-0.05, 0) is 5.92 Å². The topological polar surface area (TPSA) is 113 Å². The van der Waals surface area contributed by atoms with Crippen molar-refractivity contribution in [3.05, 3.63) is 12.4 Å². The summed E-state index contributed by atoms with van der Waals surface area (Å²) < 4.78 is 1.51. The number of carbonyl (C=O) groups is 3. The molecule has 1 aromatic rings. The van der Waals surface area contributed by atoms with Gasteiger partial charge in [-0.15, -0.1) is 0 Å². The lowest BCUT2D eigenvalue weighted by Crippen LogP contribution is -2.35. The van der Waals surface area contributed by atoms with E-state index in [2.05, 4.69) is 15.7 Å². The molecule has 1 rings (SSSR count). The van der Waals surface area contributed by atoms with E-state index < -0.39 is 17.9 Å². The SMILES string of the molecule is CC(CC(=O)O)CC(=O)NC(=O)Nc1cnn(C)c1. The van der Waals surface area contributed by atoms with Crippen molar-refractivity contribution in [2.24, 2.45) is 13.0 Å². The molecule has 19 heavy (non-hydrogen) atoms. The normalized spacial score (nSPS) is 11.7. The van der Waals surface area contributed by atoms with Crippen LogP contribution in [0.25, 0.3) is 0 Å². The number of hydrogen-bond acceptors (Lipinski definition) is 4. The average Bonchev–Trinajstić information content (AvgIpc) is 2.61. The fourth-order valence-corrected chi connectivity index (χ4v) is 1.51. The molecule has 0 saturated carbocycles. The van der Waals surface area contributed by atoms with Crippen LogP contribution in [-0.4, -0.2) is 32.8 Å². The van der Waals surface area contributed by atoms with Crippen LogP contribution in [0.1, 0.15) is 19.8 Å². The molecule has 0 aliphatic heterocycles. The molecule has 3 amide bonds. The highest BCUT2D eigenvalue weighted by molar-refractivity contribution is 6.01. The van der Waals surface area contributed by atoms with Crippen LogP contribution in [-0.2, 0) is 16.6 Å². The number of carboxylic acids is 1. The fourth-order valence-electron chi connectivity index (χ4n) is 1.51. The third-order valence-corrected chi connectivity index (χ3v) is 2.27. The smallest absolute Gasteiger partial charge is 0.325 e. The molecule has 0 aliphatic carbocycles. The number of hydrogen-bond donors (Lipinski definition) is 3. The minimum atomic E-state index is -0.972. The van der Waals surface area contributed by atoms with Crippen molar-refractivity contribution in [1.29, 1.82) is 0 Å². The van der Waals surface area contributed by atoms with Crippen LogP contribution in [0.15, 0.2) is 12.4 Å². The molecule has 8 nitrogen and oxygen atoms in total. The Morgan fingerprint density at radius 1 is 1.42 bits per heavy atom. The molecule has 0 radical (unpaired) electrons. The molecule has 3 N–H and O–H groups in total. The molecule has 0 bridgehead atoms. The Morgan fingerprint density at radius 2 is 2.11 bits per heavy atom. The first-order valence-corrected chi connectivity index (χ1v) is 5.68. The Kier molecular flexibility index (Phi) is 5.04. The number of aliphatic carboxylic acids is 1. The number of nitrogens with zero attached hydrogens (tertiary/aromatic N) is 2. The quantitative estimate of drug-likeness (QED) is 0.722. The molecule has 8 heteroatoms. The number of anilines is 1. The van der Waals surface area contributed by atoms with E-state index in [-0.39, 0.29) is 18.8 Å². The molecule has 1 atom stereocenters. The van der Waals surface area contributed by atoms with E-state index in [1.165, 1.54) is 10.9 Å². The highest BCUT2D eigenvalue weighted by atomic mass is 16.4. The Bertz CT molecular complexity index is 483. The number of rotatable bonds is 5. The lowest BCUT2D eigenvalue weighted by atomic mass is 10.0. The van der Waals surface area contributed by atoms with Crippen LogP contribution in [0.3, 0.4) is 0 Å². The van der Waals surface area contributed by atoms with Crippen molar-refractivity contribution in [1.82, 2.24) is 15.1 Å². The van der Waals surface area contributed by atoms with Crippen LogP contribution >= 0.6 is 0 Å². The van der Waals surface area contributed by atoms with E-state index in [1.54, 1.807) is 20.2 Å². The van der Waals surface area contributed by atoms with Gasteiger partial charge in [0.05, 0.1) is 11.9 Å². The maximum Gasteiger partial charge on any atom is 0.325 e. The first kappa shape index (κ1) is 14.7. The Labute approximate surface area is 109 Å². The van der Waals surface area contributed by atoms with Crippen molar-refractivity contribution in [3.8, 4) is 0 Å². The summed E-state index contributed by atoms with van der Waals surface area (Å²) in [5.41, 5.74) is 0.464. The second-order valence-electron chi connectivity index (χ2n) is 4.31. The summed E-state index contributed by atoms with van der Waals surface area (Å²) in [5.74, 6) is -1.82. The summed E-state index contributed by atoms with van der Waals surface area (Å²) in [6.07, 6.45) is 2.89. The number of aromatic nitrogens is 2. The van der Waals surface area contributed by atoms with Gasteiger partial charge >= 0.3 is 12.0 Å². The summed E-state index contributed by atoms with van der Waals surface area (Å²) in [7, 11) is 1.70. The maximum absolute atomic E-state index is 11.5. The molecule has 104 valence electrons. The van der Waals surface area contributed by atoms with Crippen molar-refractivity contribution >= 4 is 23.6 Å². The van der Waals surface area contributed by atoms with Crippen molar-refractivity contribution < 1.29 is 19.5 Å². The predicted molar refractivity (Wildman–Crippen MR) is 66.4 cm³/mol.